The van der Waals surface area contributed by atoms with Crippen LogP contribution in [-0.2, 0) is 18.6 Å². The van der Waals surface area contributed by atoms with Gasteiger partial charge in [-0.15, -0.1) is 11.8 Å². The Morgan fingerprint density at radius 1 is 1.17 bits per heavy atom. The number of thioether (sulfide) groups is 1. The summed E-state index contributed by atoms with van der Waals surface area (Å²) in [6.07, 6.45) is 5.15. The van der Waals surface area contributed by atoms with E-state index < -0.39 is 0 Å². The second-order valence-corrected chi connectivity index (χ2v) is 7.29. The Balaban J connectivity index is 1.96. The van der Waals surface area contributed by atoms with E-state index in [1.54, 1.807) is 11.8 Å². The molecule has 1 aliphatic carbocycles. The van der Waals surface area contributed by atoms with Gasteiger partial charge in [-0.2, -0.15) is 0 Å². The van der Waals surface area contributed by atoms with E-state index in [-0.39, 0.29) is 5.56 Å². The first-order chi connectivity index (χ1) is 11.1. The zero-order valence-electron chi connectivity index (χ0n) is 12.4. The van der Waals surface area contributed by atoms with Crippen molar-refractivity contribution in [1.29, 1.82) is 5.41 Å². The first-order valence-electron chi connectivity index (χ1n) is 7.46. The summed E-state index contributed by atoms with van der Waals surface area (Å²) in [5, 5.41) is 9.65. The summed E-state index contributed by atoms with van der Waals surface area (Å²) in [5.41, 5.74) is 3.39. The van der Waals surface area contributed by atoms with Gasteiger partial charge in [-0.3, -0.25) is 4.79 Å². The minimum absolute atomic E-state index is 0.187. The second-order valence-electron chi connectivity index (χ2n) is 5.49. The molecule has 1 heterocycles. The van der Waals surface area contributed by atoms with Crippen LogP contribution in [0.1, 0.15) is 35.1 Å². The Bertz CT molecular complexity index is 797. The van der Waals surface area contributed by atoms with E-state index in [9.17, 15) is 4.79 Å². The van der Waals surface area contributed by atoms with E-state index in [2.05, 4.69) is 4.98 Å². The zero-order chi connectivity index (χ0) is 16.4. The maximum Gasteiger partial charge on any atom is 0.257 e. The molecule has 6 heteroatoms. The van der Waals surface area contributed by atoms with Crippen molar-refractivity contribution in [2.24, 2.45) is 0 Å². The molecular formula is C17H16Cl2N2OS. The van der Waals surface area contributed by atoms with Crippen LogP contribution in [0.4, 0.5) is 0 Å². The van der Waals surface area contributed by atoms with Crippen LogP contribution in [0, 0.1) is 5.41 Å². The number of aromatic amines is 1. The Morgan fingerprint density at radius 3 is 2.48 bits per heavy atom. The number of hydrogen-bond donors (Lipinski definition) is 2. The van der Waals surface area contributed by atoms with Crippen molar-refractivity contribution in [2.75, 3.05) is 0 Å². The molecule has 23 heavy (non-hydrogen) atoms. The quantitative estimate of drug-likeness (QED) is 0.600. The summed E-state index contributed by atoms with van der Waals surface area (Å²) in [6, 6.07) is 5.46. The van der Waals surface area contributed by atoms with Crippen molar-refractivity contribution in [3.05, 3.63) is 60.9 Å². The number of H-pyrrole nitrogens is 1. The number of fused-ring (bicyclic) bond motifs is 1. The number of hydrogen-bond acceptors (Lipinski definition) is 3. The van der Waals surface area contributed by atoms with Crippen LogP contribution in [0.15, 0.2) is 28.0 Å². The Kier molecular flexibility index (Phi) is 5.14. The van der Waals surface area contributed by atoms with E-state index in [4.69, 9.17) is 28.6 Å². The van der Waals surface area contributed by atoms with E-state index in [0.717, 1.165) is 41.8 Å². The fraction of sp³-hybridized carbons (Fsp3) is 0.294. The fourth-order valence-electron chi connectivity index (χ4n) is 2.93. The smallest absolute Gasteiger partial charge is 0.257 e. The molecule has 0 saturated carbocycles. The van der Waals surface area contributed by atoms with Gasteiger partial charge in [0.25, 0.3) is 5.56 Å². The Hall–Kier alpha value is -1.23. The third-order valence-electron chi connectivity index (χ3n) is 4.11. The second kappa shape index (κ2) is 7.12. The normalized spacial score (nSPS) is 13.7. The monoisotopic (exact) mass is 366 g/mol. The highest BCUT2D eigenvalue weighted by Gasteiger charge is 2.20. The molecule has 0 atom stereocenters. The lowest BCUT2D eigenvalue weighted by Gasteiger charge is -2.20. The highest BCUT2D eigenvalue weighted by molar-refractivity contribution is 7.98. The summed E-state index contributed by atoms with van der Waals surface area (Å²) < 4.78 is 0. The number of halogens is 2. The molecule has 1 aromatic carbocycles. The Labute approximate surface area is 148 Å². The van der Waals surface area contributed by atoms with Crippen LogP contribution in [0.25, 0.3) is 0 Å². The maximum absolute atomic E-state index is 12.2. The molecule has 0 amide bonds. The van der Waals surface area contributed by atoms with E-state index >= 15 is 0 Å². The van der Waals surface area contributed by atoms with Crippen LogP contribution < -0.4 is 5.56 Å². The van der Waals surface area contributed by atoms with E-state index in [0.29, 0.717) is 21.4 Å². The molecular weight excluding hydrogens is 351 g/mol. The van der Waals surface area contributed by atoms with Crippen molar-refractivity contribution in [3.63, 3.8) is 0 Å². The van der Waals surface area contributed by atoms with Crippen molar-refractivity contribution < 1.29 is 0 Å². The van der Waals surface area contributed by atoms with E-state index in [1.807, 2.05) is 18.2 Å². The SMILES string of the molecule is N=Cc1c2c(c(SCc3c(Cl)cccc3Cl)[nH]c1=O)CCCC2. The van der Waals surface area contributed by atoms with Crippen LogP contribution in [0.5, 0.6) is 0 Å². The molecule has 2 N–H and O–H groups in total. The number of rotatable bonds is 4. The minimum atomic E-state index is -0.187. The maximum atomic E-state index is 12.2. The molecule has 0 fully saturated rings. The first-order valence-corrected chi connectivity index (χ1v) is 9.20. The standard InChI is InChI=1S/C17H16Cl2N2OS/c18-14-6-3-7-15(19)13(14)9-23-17-11-5-2-1-4-10(11)12(8-20)16(22)21-17/h3,6-8,20H,1-2,4-5,9H2,(H,21,22). The largest absolute Gasteiger partial charge is 0.316 e. The van der Waals surface area contributed by atoms with Gasteiger partial charge >= 0.3 is 0 Å². The molecule has 0 radical (unpaired) electrons. The van der Waals surface area contributed by atoms with Crippen molar-refractivity contribution in [3.8, 4) is 0 Å². The predicted molar refractivity (Wildman–Crippen MR) is 97.6 cm³/mol. The van der Waals surface area contributed by atoms with Crippen LogP contribution in [0.3, 0.4) is 0 Å². The molecule has 0 aliphatic heterocycles. The molecule has 0 bridgehead atoms. The van der Waals surface area contributed by atoms with Crippen LogP contribution in [0.2, 0.25) is 10.0 Å². The minimum Gasteiger partial charge on any atom is -0.316 e. The van der Waals surface area contributed by atoms with Gasteiger partial charge in [-0.05, 0) is 54.5 Å². The number of nitrogens with one attached hydrogen (secondary N) is 2. The van der Waals surface area contributed by atoms with Gasteiger partial charge in [-0.25, -0.2) is 0 Å². The highest BCUT2D eigenvalue weighted by Crippen LogP contribution is 2.34. The molecule has 2 aromatic rings. The third kappa shape index (κ3) is 3.35. The van der Waals surface area contributed by atoms with Gasteiger partial charge in [0.1, 0.15) is 0 Å². The summed E-state index contributed by atoms with van der Waals surface area (Å²) >= 11 is 14.0. The third-order valence-corrected chi connectivity index (χ3v) is 5.88. The van der Waals surface area contributed by atoms with Crippen molar-refractivity contribution in [2.45, 2.75) is 36.5 Å². The summed E-state index contributed by atoms with van der Waals surface area (Å²) in [5.74, 6) is 0.602. The van der Waals surface area contributed by atoms with Crippen LogP contribution >= 0.6 is 35.0 Å². The number of pyridine rings is 1. The molecule has 3 nitrogen and oxygen atoms in total. The van der Waals surface area contributed by atoms with Gasteiger partial charge in [0, 0.05) is 22.0 Å². The first kappa shape index (κ1) is 16.6. The summed E-state index contributed by atoms with van der Waals surface area (Å²) in [7, 11) is 0. The summed E-state index contributed by atoms with van der Waals surface area (Å²) in [6.45, 7) is 0. The zero-order valence-corrected chi connectivity index (χ0v) is 14.7. The number of aromatic nitrogens is 1. The lowest BCUT2D eigenvalue weighted by molar-refractivity contribution is 0.664. The molecule has 3 rings (SSSR count). The van der Waals surface area contributed by atoms with Gasteiger partial charge in [0.2, 0.25) is 0 Å². The van der Waals surface area contributed by atoms with Crippen LogP contribution in [-0.4, -0.2) is 11.2 Å². The molecule has 120 valence electrons. The van der Waals surface area contributed by atoms with Crippen molar-refractivity contribution >= 4 is 41.2 Å². The molecule has 0 spiro atoms. The molecule has 1 aliphatic rings. The number of benzene rings is 1. The lowest BCUT2D eigenvalue weighted by Crippen LogP contribution is -2.21. The van der Waals surface area contributed by atoms with E-state index in [1.165, 1.54) is 11.8 Å². The average molecular weight is 367 g/mol. The van der Waals surface area contributed by atoms with Gasteiger partial charge in [0.15, 0.2) is 0 Å². The van der Waals surface area contributed by atoms with Gasteiger partial charge in [-0.1, -0.05) is 29.3 Å². The predicted octanol–water partition coefficient (Wildman–Crippen LogP) is 4.85. The molecule has 1 aromatic heterocycles. The van der Waals surface area contributed by atoms with Gasteiger partial charge < -0.3 is 10.4 Å². The van der Waals surface area contributed by atoms with Gasteiger partial charge in [0.05, 0.1) is 10.6 Å². The Morgan fingerprint density at radius 2 is 1.83 bits per heavy atom. The molecule has 0 unspecified atom stereocenters. The lowest BCUT2D eigenvalue weighted by atomic mass is 9.90. The average Bonchev–Trinajstić information content (AvgIpc) is 2.54. The molecule has 0 saturated heterocycles. The topological polar surface area (TPSA) is 56.7 Å². The fourth-order valence-corrected chi connectivity index (χ4v) is 4.78. The highest BCUT2D eigenvalue weighted by atomic mass is 35.5. The summed E-state index contributed by atoms with van der Waals surface area (Å²) in [4.78, 5) is 15.2. The van der Waals surface area contributed by atoms with Crippen molar-refractivity contribution in [1.82, 2.24) is 4.98 Å².